The fourth-order valence-corrected chi connectivity index (χ4v) is 3.33. The molecular formula is C17H17ClFN5O2S. The van der Waals surface area contributed by atoms with Crippen molar-refractivity contribution in [2.75, 3.05) is 12.4 Å². The number of H-pyrrole nitrogens is 1. The molecule has 0 saturated carbocycles. The minimum Gasteiger partial charge on any atom is -0.356 e. The van der Waals surface area contributed by atoms with Crippen LogP contribution in [0.3, 0.4) is 0 Å². The number of nitrogens with zero attached hydrogens (tertiary/aromatic N) is 2. The van der Waals surface area contributed by atoms with Crippen LogP contribution in [0, 0.1) is 12.7 Å². The molecule has 0 amide bonds. The molecule has 3 aromatic rings. The van der Waals surface area contributed by atoms with Crippen molar-refractivity contribution >= 4 is 27.4 Å². The minimum atomic E-state index is -3.67. The summed E-state index contributed by atoms with van der Waals surface area (Å²) in [6.45, 7) is 1.55. The number of anilines is 1. The van der Waals surface area contributed by atoms with Crippen LogP contribution in [-0.2, 0) is 10.0 Å². The van der Waals surface area contributed by atoms with Crippen molar-refractivity contribution in [2.24, 2.45) is 0 Å². The van der Waals surface area contributed by atoms with Gasteiger partial charge in [-0.25, -0.2) is 27.5 Å². The van der Waals surface area contributed by atoms with Crippen molar-refractivity contribution in [2.45, 2.75) is 18.0 Å². The highest BCUT2D eigenvalue weighted by Gasteiger charge is 2.22. The third kappa shape index (κ3) is 4.26. The number of aryl methyl sites for hydroxylation is 1. The van der Waals surface area contributed by atoms with Gasteiger partial charge in [0.05, 0.1) is 11.9 Å². The van der Waals surface area contributed by atoms with E-state index in [-0.39, 0.29) is 10.7 Å². The maximum absolute atomic E-state index is 13.5. The van der Waals surface area contributed by atoms with Gasteiger partial charge < -0.3 is 10.3 Å². The van der Waals surface area contributed by atoms with Crippen LogP contribution in [0.15, 0.2) is 47.6 Å². The highest BCUT2D eigenvalue weighted by atomic mass is 35.5. The van der Waals surface area contributed by atoms with E-state index in [1.165, 1.54) is 25.4 Å². The number of rotatable bonds is 6. The highest BCUT2D eigenvalue weighted by molar-refractivity contribution is 7.89. The van der Waals surface area contributed by atoms with Crippen LogP contribution >= 0.6 is 11.6 Å². The van der Waals surface area contributed by atoms with E-state index in [2.05, 4.69) is 25.0 Å². The molecule has 0 saturated heterocycles. The van der Waals surface area contributed by atoms with Gasteiger partial charge in [-0.05, 0) is 43.8 Å². The molecule has 10 heteroatoms. The lowest BCUT2D eigenvalue weighted by Crippen LogP contribution is -2.19. The van der Waals surface area contributed by atoms with E-state index in [0.29, 0.717) is 16.7 Å². The minimum absolute atomic E-state index is 0.0722. The number of halogens is 2. The van der Waals surface area contributed by atoms with Crippen LogP contribution in [-0.4, -0.2) is 30.4 Å². The van der Waals surface area contributed by atoms with E-state index in [1.54, 1.807) is 25.1 Å². The monoisotopic (exact) mass is 409 g/mol. The number of sulfonamides is 1. The quantitative estimate of drug-likeness (QED) is 0.581. The van der Waals surface area contributed by atoms with Crippen molar-refractivity contribution in [1.29, 1.82) is 0 Å². The second-order valence-corrected chi connectivity index (χ2v) is 8.03. The largest absolute Gasteiger partial charge is 0.356 e. The predicted octanol–water partition coefficient (Wildman–Crippen LogP) is 3.02. The lowest BCUT2D eigenvalue weighted by molar-refractivity contribution is 0.584. The molecular weight excluding hydrogens is 393 g/mol. The van der Waals surface area contributed by atoms with E-state index in [0.717, 1.165) is 5.56 Å². The van der Waals surface area contributed by atoms with Crippen molar-refractivity contribution in [1.82, 2.24) is 19.7 Å². The molecule has 0 aliphatic heterocycles. The SMILES string of the molecule is CNS(=O)(=O)c1cnc(C(Nc2ccc(F)c(C)n2)c2cccc(Cl)c2)[nH]1. The molecule has 1 unspecified atom stereocenters. The second-order valence-electron chi connectivity index (χ2n) is 5.74. The van der Waals surface area contributed by atoms with Gasteiger partial charge in [-0.2, -0.15) is 0 Å². The van der Waals surface area contributed by atoms with Gasteiger partial charge in [0.15, 0.2) is 5.03 Å². The van der Waals surface area contributed by atoms with Gasteiger partial charge in [-0.15, -0.1) is 0 Å². The number of hydrogen-bond acceptors (Lipinski definition) is 5. The van der Waals surface area contributed by atoms with Crippen LogP contribution in [0.1, 0.15) is 23.1 Å². The van der Waals surface area contributed by atoms with Crippen molar-refractivity contribution in [3.63, 3.8) is 0 Å². The number of nitrogens with one attached hydrogen (secondary N) is 3. The van der Waals surface area contributed by atoms with Gasteiger partial charge in [0.25, 0.3) is 10.0 Å². The van der Waals surface area contributed by atoms with Gasteiger partial charge in [0.2, 0.25) is 0 Å². The first kappa shape index (κ1) is 19.3. The van der Waals surface area contributed by atoms with Gasteiger partial charge in [0.1, 0.15) is 23.5 Å². The Kier molecular flexibility index (Phi) is 5.45. The van der Waals surface area contributed by atoms with Gasteiger partial charge in [-0.3, -0.25) is 0 Å². The standard InChI is InChI=1S/C17H17ClFN5O2S/c1-10-13(19)6-7-14(22-10)23-16(11-4-3-5-12(18)8-11)17-21-9-15(24-17)27(25,26)20-2/h3-9,16,20H,1-2H3,(H,21,24)(H,22,23). The Morgan fingerprint density at radius 1 is 1.26 bits per heavy atom. The van der Waals surface area contributed by atoms with E-state index < -0.39 is 21.9 Å². The average Bonchev–Trinajstić information content (AvgIpc) is 3.13. The van der Waals surface area contributed by atoms with E-state index in [1.807, 2.05) is 6.07 Å². The molecule has 0 fully saturated rings. The summed E-state index contributed by atoms with van der Waals surface area (Å²) in [6, 6.07) is 9.25. The summed E-state index contributed by atoms with van der Waals surface area (Å²) in [5.41, 5.74) is 0.969. The summed E-state index contributed by atoms with van der Waals surface area (Å²) in [5, 5.41) is 3.58. The molecule has 0 bridgehead atoms. The third-order valence-electron chi connectivity index (χ3n) is 3.90. The topological polar surface area (TPSA) is 99.8 Å². The van der Waals surface area contributed by atoms with Crippen molar-refractivity contribution < 1.29 is 12.8 Å². The first-order valence-electron chi connectivity index (χ1n) is 7.94. The fraction of sp³-hybridized carbons (Fsp3) is 0.176. The van der Waals surface area contributed by atoms with Crippen LogP contribution in [0.2, 0.25) is 5.02 Å². The summed E-state index contributed by atoms with van der Waals surface area (Å²) in [7, 11) is -2.36. The molecule has 1 aromatic carbocycles. The average molecular weight is 410 g/mol. The molecule has 0 spiro atoms. The number of aromatic nitrogens is 3. The van der Waals surface area contributed by atoms with Gasteiger partial charge in [0, 0.05) is 5.02 Å². The number of aromatic amines is 1. The Labute approximate surface area is 161 Å². The zero-order valence-corrected chi connectivity index (χ0v) is 16.1. The Hall–Kier alpha value is -2.49. The summed E-state index contributed by atoms with van der Waals surface area (Å²) < 4.78 is 39.7. The predicted molar refractivity (Wildman–Crippen MR) is 101 cm³/mol. The third-order valence-corrected chi connectivity index (χ3v) is 5.46. The molecule has 27 heavy (non-hydrogen) atoms. The smallest absolute Gasteiger partial charge is 0.257 e. The molecule has 2 aromatic heterocycles. The molecule has 3 N–H and O–H groups in total. The van der Waals surface area contributed by atoms with Crippen LogP contribution in [0.25, 0.3) is 0 Å². The number of hydrogen-bond donors (Lipinski definition) is 3. The highest BCUT2D eigenvalue weighted by Crippen LogP contribution is 2.27. The normalized spacial score (nSPS) is 12.7. The molecule has 2 heterocycles. The zero-order chi connectivity index (χ0) is 19.6. The first-order chi connectivity index (χ1) is 12.8. The summed E-state index contributed by atoms with van der Waals surface area (Å²) in [5.74, 6) is 0.337. The van der Waals surface area contributed by atoms with Gasteiger partial charge in [-0.1, -0.05) is 23.7 Å². The van der Waals surface area contributed by atoms with Crippen LogP contribution in [0.5, 0.6) is 0 Å². The van der Waals surface area contributed by atoms with Gasteiger partial charge >= 0.3 is 0 Å². The molecule has 0 radical (unpaired) electrons. The van der Waals surface area contributed by atoms with Crippen LogP contribution < -0.4 is 10.0 Å². The number of pyridine rings is 1. The fourth-order valence-electron chi connectivity index (χ4n) is 2.48. The van der Waals surface area contributed by atoms with Crippen molar-refractivity contribution in [3.05, 3.63) is 70.5 Å². The number of imidazole rings is 1. The second kappa shape index (κ2) is 7.63. The molecule has 3 rings (SSSR count). The lowest BCUT2D eigenvalue weighted by Gasteiger charge is -2.18. The maximum atomic E-state index is 13.5. The molecule has 0 aliphatic rings. The Morgan fingerprint density at radius 3 is 2.70 bits per heavy atom. The molecule has 1 atom stereocenters. The molecule has 7 nitrogen and oxygen atoms in total. The number of benzene rings is 1. The molecule has 0 aliphatic carbocycles. The summed E-state index contributed by atoms with van der Waals surface area (Å²) in [6.07, 6.45) is 1.23. The Bertz CT molecular complexity index is 1070. The summed E-state index contributed by atoms with van der Waals surface area (Å²) >= 11 is 6.10. The first-order valence-corrected chi connectivity index (χ1v) is 9.80. The lowest BCUT2D eigenvalue weighted by atomic mass is 10.1. The van der Waals surface area contributed by atoms with E-state index >= 15 is 0 Å². The maximum Gasteiger partial charge on any atom is 0.257 e. The van der Waals surface area contributed by atoms with E-state index in [9.17, 15) is 12.8 Å². The zero-order valence-electron chi connectivity index (χ0n) is 14.5. The van der Waals surface area contributed by atoms with Crippen molar-refractivity contribution in [3.8, 4) is 0 Å². The Morgan fingerprint density at radius 2 is 2.04 bits per heavy atom. The molecule has 142 valence electrons. The van der Waals surface area contributed by atoms with Crippen LogP contribution in [0.4, 0.5) is 10.2 Å². The van der Waals surface area contributed by atoms with E-state index in [4.69, 9.17) is 11.6 Å². The summed E-state index contributed by atoms with van der Waals surface area (Å²) in [4.78, 5) is 11.2. The Balaban J connectivity index is 2.04.